The Bertz CT molecular complexity index is 1010. The third-order valence-corrected chi connectivity index (χ3v) is 3.93. The van der Waals surface area contributed by atoms with Crippen LogP contribution in [0.2, 0.25) is 0 Å². The standard InChI is InChI=1S/C13H11N7O3S/c1-7(19-6-15-10(4-14)18-19)12(22)23-5-9-3-11(21)20-13(16-9)24-8(2)17-20/h3,6-7H,5H2,1-2H3. The predicted molar refractivity (Wildman–Crippen MR) is 81.1 cm³/mol. The van der Waals surface area contributed by atoms with Gasteiger partial charge in [-0.15, -0.1) is 5.10 Å². The Morgan fingerprint density at radius 3 is 3.00 bits per heavy atom. The first-order chi connectivity index (χ1) is 11.5. The van der Waals surface area contributed by atoms with Gasteiger partial charge >= 0.3 is 5.97 Å². The number of carbonyl (C=O) groups is 1. The van der Waals surface area contributed by atoms with Crippen LogP contribution in [0.5, 0.6) is 0 Å². The molecule has 0 aliphatic heterocycles. The summed E-state index contributed by atoms with van der Waals surface area (Å²) in [7, 11) is 0. The summed E-state index contributed by atoms with van der Waals surface area (Å²) in [5, 5.41) is 17.3. The molecule has 1 atom stereocenters. The molecule has 1 unspecified atom stereocenters. The highest BCUT2D eigenvalue weighted by molar-refractivity contribution is 7.16. The Labute approximate surface area is 139 Å². The van der Waals surface area contributed by atoms with E-state index >= 15 is 0 Å². The number of esters is 1. The first-order valence-electron chi connectivity index (χ1n) is 6.82. The van der Waals surface area contributed by atoms with Gasteiger partial charge in [-0.1, -0.05) is 11.3 Å². The Morgan fingerprint density at radius 2 is 2.29 bits per heavy atom. The van der Waals surface area contributed by atoms with E-state index < -0.39 is 12.0 Å². The third-order valence-electron chi connectivity index (χ3n) is 3.11. The Kier molecular flexibility index (Phi) is 4.05. The van der Waals surface area contributed by atoms with Crippen molar-refractivity contribution in [2.24, 2.45) is 0 Å². The summed E-state index contributed by atoms with van der Waals surface area (Å²) in [6.07, 6.45) is 1.28. The minimum Gasteiger partial charge on any atom is -0.458 e. The van der Waals surface area contributed by atoms with Gasteiger partial charge in [-0.2, -0.15) is 14.9 Å². The molecule has 0 spiro atoms. The van der Waals surface area contributed by atoms with Crippen LogP contribution in [-0.2, 0) is 16.1 Å². The fourth-order valence-electron chi connectivity index (χ4n) is 1.91. The number of hydrogen-bond donors (Lipinski definition) is 0. The molecule has 122 valence electrons. The maximum absolute atomic E-state index is 12.1. The van der Waals surface area contributed by atoms with Crippen LogP contribution in [0, 0.1) is 18.3 Å². The van der Waals surface area contributed by atoms with Crippen LogP contribution in [0.15, 0.2) is 17.2 Å². The van der Waals surface area contributed by atoms with Crippen LogP contribution in [0.3, 0.4) is 0 Å². The fourth-order valence-corrected chi connectivity index (χ4v) is 2.68. The first kappa shape index (κ1) is 15.8. The molecule has 0 aromatic carbocycles. The summed E-state index contributed by atoms with van der Waals surface area (Å²) in [6, 6.07) is 2.29. The maximum Gasteiger partial charge on any atom is 0.331 e. The minimum absolute atomic E-state index is 0.0321. The number of hydrogen-bond acceptors (Lipinski definition) is 9. The number of aryl methyl sites for hydroxylation is 1. The van der Waals surface area contributed by atoms with E-state index in [1.165, 1.54) is 32.9 Å². The van der Waals surface area contributed by atoms with Crippen LogP contribution >= 0.6 is 11.3 Å². The number of rotatable bonds is 4. The van der Waals surface area contributed by atoms with Gasteiger partial charge in [0, 0.05) is 6.07 Å². The molecule has 0 saturated heterocycles. The largest absolute Gasteiger partial charge is 0.458 e. The van der Waals surface area contributed by atoms with E-state index in [2.05, 4.69) is 20.2 Å². The lowest BCUT2D eigenvalue weighted by Gasteiger charge is -2.10. The van der Waals surface area contributed by atoms with E-state index in [9.17, 15) is 9.59 Å². The Morgan fingerprint density at radius 1 is 1.50 bits per heavy atom. The second-order valence-electron chi connectivity index (χ2n) is 4.84. The van der Waals surface area contributed by atoms with Gasteiger partial charge in [-0.3, -0.25) is 4.79 Å². The molecule has 24 heavy (non-hydrogen) atoms. The van der Waals surface area contributed by atoms with Crippen LogP contribution in [0.1, 0.15) is 29.5 Å². The molecule has 0 saturated carbocycles. The molecule has 3 aromatic rings. The normalized spacial score (nSPS) is 12.0. The van der Waals surface area contributed by atoms with Gasteiger partial charge < -0.3 is 4.74 Å². The van der Waals surface area contributed by atoms with Crippen LogP contribution in [-0.4, -0.2) is 35.3 Å². The summed E-state index contributed by atoms with van der Waals surface area (Å²) < 4.78 is 7.60. The molecule has 3 heterocycles. The van der Waals surface area contributed by atoms with Gasteiger partial charge in [-0.05, 0) is 13.8 Å². The van der Waals surface area contributed by atoms with Gasteiger partial charge in [0.1, 0.15) is 30.1 Å². The number of nitrogens with zero attached hydrogens (tertiary/aromatic N) is 7. The number of aromatic nitrogens is 6. The highest BCUT2D eigenvalue weighted by Crippen LogP contribution is 2.11. The van der Waals surface area contributed by atoms with Gasteiger partial charge in [0.25, 0.3) is 11.4 Å². The number of ether oxygens (including phenoxy) is 1. The zero-order valence-electron chi connectivity index (χ0n) is 12.7. The predicted octanol–water partition coefficient (Wildman–Crippen LogP) is 0.227. The van der Waals surface area contributed by atoms with E-state index in [0.29, 0.717) is 15.7 Å². The lowest BCUT2D eigenvalue weighted by molar-refractivity contribution is -0.148. The first-order valence-corrected chi connectivity index (χ1v) is 7.64. The van der Waals surface area contributed by atoms with Crippen molar-refractivity contribution in [3.8, 4) is 6.07 Å². The molecular weight excluding hydrogens is 334 g/mol. The summed E-state index contributed by atoms with van der Waals surface area (Å²) in [5.74, 6) is -0.609. The lowest BCUT2D eigenvalue weighted by Crippen LogP contribution is -2.21. The van der Waals surface area contributed by atoms with Crippen molar-refractivity contribution in [3.63, 3.8) is 0 Å². The highest BCUT2D eigenvalue weighted by Gasteiger charge is 2.19. The number of fused-ring (bicyclic) bond motifs is 1. The molecule has 3 aromatic heterocycles. The van der Waals surface area contributed by atoms with Crippen molar-refractivity contribution in [1.82, 2.24) is 29.4 Å². The van der Waals surface area contributed by atoms with Crippen molar-refractivity contribution < 1.29 is 9.53 Å². The summed E-state index contributed by atoms with van der Waals surface area (Å²) in [4.78, 5) is 32.4. The molecule has 0 N–H and O–H groups in total. The SMILES string of the molecule is Cc1nn2c(=O)cc(COC(=O)C(C)n3cnc(C#N)n3)nc2s1. The minimum atomic E-state index is -0.755. The van der Waals surface area contributed by atoms with Crippen molar-refractivity contribution >= 4 is 22.3 Å². The fraction of sp³-hybridized carbons (Fsp3) is 0.308. The van der Waals surface area contributed by atoms with E-state index in [1.54, 1.807) is 19.9 Å². The zero-order chi connectivity index (χ0) is 17.3. The topological polar surface area (TPSA) is 128 Å². The smallest absolute Gasteiger partial charge is 0.331 e. The highest BCUT2D eigenvalue weighted by atomic mass is 32.1. The van der Waals surface area contributed by atoms with Crippen molar-refractivity contribution in [1.29, 1.82) is 5.26 Å². The molecule has 0 radical (unpaired) electrons. The van der Waals surface area contributed by atoms with E-state index in [1.807, 2.05) is 0 Å². The molecule has 3 rings (SSSR count). The Hall–Kier alpha value is -3.13. The van der Waals surface area contributed by atoms with Crippen molar-refractivity contribution in [2.75, 3.05) is 0 Å². The molecular formula is C13H11N7O3S. The van der Waals surface area contributed by atoms with Gasteiger partial charge in [0.05, 0.1) is 5.69 Å². The van der Waals surface area contributed by atoms with Crippen molar-refractivity contribution in [3.05, 3.63) is 39.3 Å². The average molecular weight is 345 g/mol. The Balaban J connectivity index is 1.72. The van der Waals surface area contributed by atoms with E-state index in [0.717, 1.165) is 0 Å². The molecule has 0 aliphatic rings. The molecule has 0 aliphatic carbocycles. The molecule has 10 nitrogen and oxygen atoms in total. The van der Waals surface area contributed by atoms with E-state index in [4.69, 9.17) is 10.00 Å². The molecule has 11 heteroatoms. The van der Waals surface area contributed by atoms with Crippen LogP contribution in [0.25, 0.3) is 4.96 Å². The van der Waals surface area contributed by atoms with Crippen LogP contribution < -0.4 is 5.56 Å². The number of nitriles is 1. The lowest BCUT2D eigenvalue weighted by atomic mass is 10.3. The van der Waals surface area contributed by atoms with Gasteiger partial charge in [-0.25, -0.2) is 19.4 Å². The maximum atomic E-state index is 12.1. The second-order valence-corrected chi connectivity index (χ2v) is 6.00. The quantitative estimate of drug-likeness (QED) is 0.614. The molecule has 0 bridgehead atoms. The van der Waals surface area contributed by atoms with Gasteiger partial charge in [0.2, 0.25) is 4.96 Å². The summed E-state index contributed by atoms with van der Waals surface area (Å²) in [6.45, 7) is 3.19. The summed E-state index contributed by atoms with van der Waals surface area (Å²) >= 11 is 1.27. The monoisotopic (exact) mass is 345 g/mol. The summed E-state index contributed by atoms with van der Waals surface area (Å²) in [5.41, 5.74) is -0.00103. The molecule has 0 amide bonds. The van der Waals surface area contributed by atoms with Crippen molar-refractivity contribution in [2.45, 2.75) is 26.5 Å². The second kappa shape index (κ2) is 6.17. The number of carbonyl (C=O) groups excluding carboxylic acids is 1. The van der Waals surface area contributed by atoms with Crippen LogP contribution in [0.4, 0.5) is 0 Å². The third kappa shape index (κ3) is 2.99. The molecule has 0 fully saturated rings. The van der Waals surface area contributed by atoms with Gasteiger partial charge in [0.15, 0.2) is 0 Å². The average Bonchev–Trinajstić information content (AvgIpc) is 3.17. The van der Waals surface area contributed by atoms with E-state index in [-0.39, 0.29) is 18.0 Å². The zero-order valence-corrected chi connectivity index (χ0v) is 13.5.